The summed E-state index contributed by atoms with van der Waals surface area (Å²) in [4.78, 5) is 14.9. The smallest absolute Gasteiger partial charge is 0.223 e. The van der Waals surface area contributed by atoms with E-state index in [2.05, 4.69) is 18.7 Å². The van der Waals surface area contributed by atoms with Crippen molar-refractivity contribution in [2.45, 2.75) is 83.7 Å². The molecule has 1 heterocycles. The summed E-state index contributed by atoms with van der Waals surface area (Å²) in [6, 6.07) is 0.823. The van der Waals surface area contributed by atoms with Gasteiger partial charge in [-0.15, -0.1) is 12.4 Å². The molecule has 0 aromatic rings. The van der Waals surface area contributed by atoms with Crippen molar-refractivity contribution in [3.8, 4) is 0 Å². The fraction of sp³-hybridized carbons (Fsp3) is 0.938. The van der Waals surface area contributed by atoms with Gasteiger partial charge in [-0.05, 0) is 57.9 Å². The molecule has 4 heteroatoms. The molecule has 2 rings (SSSR count). The van der Waals surface area contributed by atoms with Crippen LogP contribution < -0.4 is 5.73 Å². The van der Waals surface area contributed by atoms with Gasteiger partial charge in [-0.1, -0.05) is 19.3 Å². The summed E-state index contributed by atoms with van der Waals surface area (Å²) in [5.74, 6) is 0.354. The zero-order valence-electron chi connectivity index (χ0n) is 13.1. The van der Waals surface area contributed by atoms with Gasteiger partial charge < -0.3 is 10.6 Å². The van der Waals surface area contributed by atoms with Crippen LogP contribution in [0, 0.1) is 5.41 Å². The first-order valence-corrected chi connectivity index (χ1v) is 8.09. The Morgan fingerprint density at radius 1 is 1.10 bits per heavy atom. The topological polar surface area (TPSA) is 46.3 Å². The van der Waals surface area contributed by atoms with Crippen LogP contribution in [0.2, 0.25) is 0 Å². The summed E-state index contributed by atoms with van der Waals surface area (Å²) in [7, 11) is 0. The summed E-state index contributed by atoms with van der Waals surface area (Å²) in [5.41, 5.74) is 6.12. The van der Waals surface area contributed by atoms with Gasteiger partial charge in [0.2, 0.25) is 5.91 Å². The minimum atomic E-state index is 0. The highest BCUT2D eigenvalue weighted by Gasteiger charge is 2.37. The average Bonchev–Trinajstić information content (AvgIpc) is 2.39. The number of nitrogens with zero attached hydrogens (tertiary/aromatic N) is 1. The van der Waals surface area contributed by atoms with E-state index < -0.39 is 0 Å². The molecule has 0 bridgehead atoms. The average molecular weight is 303 g/mol. The van der Waals surface area contributed by atoms with Crippen LogP contribution in [0.5, 0.6) is 0 Å². The van der Waals surface area contributed by atoms with Gasteiger partial charge in [-0.25, -0.2) is 0 Å². The molecule has 118 valence electrons. The highest BCUT2D eigenvalue weighted by Crippen LogP contribution is 2.39. The van der Waals surface area contributed by atoms with Crippen molar-refractivity contribution >= 4 is 18.3 Å². The lowest BCUT2D eigenvalue weighted by molar-refractivity contribution is -0.140. The lowest BCUT2D eigenvalue weighted by Crippen LogP contribution is -2.50. The van der Waals surface area contributed by atoms with Gasteiger partial charge in [0.05, 0.1) is 0 Å². The first-order valence-electron chi connectivity index (χ1n) is 8.09. The Bertz CT molecular complexity index is 306. The first-order chi connectivity index (χ1) is 9.08. The molecule has 0 aromatic carbocycles. The molecule has 2 atom stereocenters. The zero-order chi connectivity index (χ0) is 13.9. The lowest BCUT2D eigenvalue weighted by Gasteiger charge is -2.43. The molecule has 0 radical (unpaired) electrons. The van der Waals surface area contributed by atoms with Crippen LogP contribution in [0.15, 0.2) is 0 Å². The standard InChI is InChI=1S/C16H30N2O.ClH/c1-13-7-6-8-14(2)18(13)15(19)11-16(12-17)9-4-3-5-10-16;/h13-14H,3-12,17H2,1-2H3;1H. The van der Waals surface area contributed by atoms with Crippen molar-refractivity contribution in [3.63, 3.8) is 0 Å². The summed E-state index contributed by atoms with van der Waals surface area (Å²) >= 11 is 0. The van der Waals surface area contributed by atoms with Gasteiger partial charge in [-0.3, -0.25) is 4.79 Å². The van der Waals surface area contributed by atoms with Crippen molar-refractivity contribution in [2.24, 2.45) is 11.1 Å². The number of rotatable bonds is 3. The van der Waals surface area contributed by atoms with E-state index in [-0.39, 0.29) is 17.8 Å². The lowest BCUT2D eigenvalue weighted by atomic mass is 9.71. The molecule has 1 amide bonds. The van der Waals surface area contributed by atoms with Crippen molar-refractivity contribution < 1.29 is 4.79 Å². The maximum absolute atomic E-state index is 12.7. The maximum Gasteiger partial charge on any atom is 0.223 e. The molecule has 0 spiro atoms. The maximum atomic E-state index is 12.7. The molecule has 1 aliphatic carbocycles. The molecule has 1 saturated carbocycles. The highest BCUT2D eigenvalue weighted by molar-refractivity contribution is 5.85. The van der Waals surface area contributed by atoms with Crippen molar-refractivity contribution in [3.05, 3.63) is 0 Å². The van der Waals surface area contributed by atoms with E-state index in [1.807, 2.05) is 0 Å². The molecule has 1 saturated heterocycles. The second kappa shape index (κ2) is 7.65. The quantitative estimate of drug-likeness (QED) is 0.867. The van der Waals surface area contributed by atoms with Gasteiger partial charge in [0.25, 0.3) is 0 Å². The van der Waals surface area contributed by atoms with Crippen LogP contribution >= 0.6 is 12.4 Å². The van der Waals surface area contributed by atoms with Gasteiger partial charge in [0, 0.05) is 18.5 Å². The van der Waals surface area contributed by atoms with Gasteiger partial charge in [0.15, 0.2) is 0 Å². The Labute approximate surface area is 130 Å². The van der Waals surface area contributed by atoms with Crippen LogP contribution in [0.1, 0.15) is 71.6 Å². The van der Waals surface area contributed by atoms with Crippen molar-refractivity contribution in [1.29, 1.82) is 0 Å². The SMILES string of the molecule is CC1CCCC(C)N1C(=O)CC1(CN)CCCCC1.Cl. The number of piperidine rings is 1. The Morgan fingerprint density at radius 3 is 2.15 bits per heavy atom. The normalized spacial score (nSPS) is 29.6. The highest BCUT2D eigenvalue weighted by atomic mass is 35.5. The van der Waals surface area contributed by atoms with Crippen LogP contribution in [0.4, 0.5) is 0 Å². The van der Waals surface area contributed by atoms with Crippen LogP contribution in [-0.2, 0) is 4.79 Å². The van der Waals surface area contributed by atoms with Crippen molar-refractivity contribution in [1.82, 2.24) is 4.90 Å². The summed E-state index contributed by atoms with van der Waals surface area (Å²) in [6.45, 7) is 5.07. The van der Waals surface area contributed by atoms with E-state index in [1.54, 1.807) is 0 Å². The molecule has 0 aromatic heterocycles. The molecule has 2 aliphatic rings. The molecule has 20 heavy (non-hydrogen) atoms. The van der Waals surface area contributed by atoms with E-state index in [0.717, 1.165) is 25.7 Å². The molecule has 2 fully saturated rings. The largest absolute Gasteiger partial charge is 0.337 e. The summed E-state index contributed by atoms with van der Waals surface area (Å²) < 4.78 is 0. The number of hydrogen-bond donors (Lipinski definition) is 1. The van der Waals surface area contributed by atoms with Gasteiger partial charge >= 0.3 is 0 Å². The molecular weight excluding hydrogens is 272 g/mol. The van der Waals surface area contributed by atoms with E-state index in [4.69, 9.17) is 5.73 Å². The Hall–Kier alpha value is -0.280. The minimum absolute atomic E-state index is 0. The molecule has 1 aliphatic heterocycles. The zero-order valence-corrected chi connectivity index (χ0v) is 13.9. The number of carbonyl (C=O) groups is 1. The second-order valence-corrected chi connectivity index (χ2v) is 6.87. The van der Waals surface area contributed by atoms with Crippen molar-refractivity contribution in [2.75, 3.05) is 6.54 Å². The fourth-order valence-corrected chi connectivity index (χ4v) is 4.08. The van der Waals surface area contributed by atoms with E-state index in [1.165, 1.54) is 25.7 Å². The number of halogens is 1. The predicted octanol–water partition coefficient (Wildman–Crippen LogP) is 3.50. The van der Waals surface area contributed by atoms with E-state index in [0.29, 0.717) is 31.0 Å². The van der Waals surface area contributed by atoms with Crippen LogP contribution in [0.25, 0.3) is 0 Å². The van der Waals surface area contributed by atoms with Gasteiger partial charge in [-0.2, -0.15) is 0 Å². The monoisotopic (exact) mass is 302 g/mol. The number of amides is 1. The summed E-state index contributed by atoms with van der Waals surface area (Å²) in [6.07, 6.45) is 10.3. The molecule has 3 nitrogen and oxygen atoms in total. The number of likely N-dealkylation sites (tertiary alicyclic amines) is 1. The molecule has 2 unspecified atom stereocenters. The van der Waals surface area contributed by atoms with Gasteiger partial charge in [0.1, 0.15) is 0 Å². The third kappa shape index (κ3) is 3.88. The van der Waals surface area contributed by atoms with Crippen LogP contribution in [0.3, 0.4) is 0 Å². The summed E-state index contributed by atoms with van der Waals surface area (Å²) in [5, 5.41) is 0. The van der Waals surface area contributed by atoms with Crippen LogP contribution in [-0.4, -0.2) is 29.4 Å². The van der Waals surface area contributed by atoms with E-state index in [9.17, 15) is 4.79 Å². The molecular formula is C16H31ClN2O. The second-order valence-electron chi connectivity index (χ2n) is 6.87. The fourth-order valence-electron chi connectivity index (χ4n) is 4.08. The Kier molecular flexibility index (Phi) is 6.80. The van der Waals surface area contributed by atoms with E-state index >= 15 is 0 Å². The Balaban J connectivity index is 0.00000200. The first kappa shape index (κ1) is 17.8. The predicted molar refractivity (Wildman–Crippen MR) is 86.1 cm³/mol. The molecule has 2 N–H and O–H groups in total. The number of hydrogen-bond acceptors (Lipinski definition) is 2. The number of carbonyl (C=O) groups excluding carboxylic acids is 1. The Morgan fingerprint density at radius 2 is 1.65 bits per heavy atom. The third-order valence-electron chi connectivity index (χ3n) is 5.35. The number of nitrogens with two attached hydrogens (primary N) is 1. The minimum Gasteiger partial charge on any atom is -0.337 e. The third-order valence-corrected chi connectivity index (χ3v) is 5.35.